The van der Waals surface area contributed by atoms with E-state index in [-0.39, 0.29) is 5.97 Å². The largest absolute Gasteiger partial charge is 0.457 e. The number of carbonyl (C=O) groups excluding carboxylic acids is 1. The molecule has 0 fully saturated rings. The summed E-state index contributed by atoms with van der Waals surface area (Å²) < 4.78 is 4.83. The molecule has 1 aromatic carbocycles. The molecule has 1 aromatic rings. The third kappa shape index (κ3) is 9.95. The molecule has 1 rings (SSSR count). The van der Waals surface area contributed by atoms with Crippen molar-refractivity contribution >= 4 is 5.97 Å². The summed E-state index contributed by atoms with van der Waals surface area (Å²) in [6, 6.07) is 10.2. The number of benzene rings is 1. The van der Waals surface area contributed by atoms with E-state index in [2.05, 4.69) is 18.7 Å². The molecule has 0 atom stereocenters. The summed E-state index contributed by atoms with van der Waals surface area (Å²) in [6.07, 6.45) is 3.95. The highest BCUT2D eigenvalue weighted by atomic mass is 16.6. The molecule has 0 saturated carbocycles. The third-order valence-electron chi connectivity index (χ3n) is 2.20. The Morgan fingerprint density at radius 3 is 2.20 bits per heavy atom. The van der Waals surface area contributed by atoms with Crippen LogP contribution >= 0.6 is 0 Å². The SMILES string of the molecule is C=CC(=O)OC(C)(C)C.CC=C(N)Cc1ccccc1. The van der Waals surface area contributed by atoms with E-state index in [0.717, 1.165) is 18.2 Å². The molecule has 0 amide bonds. The first kappa shape index (κ1) is 18.0. The normalized spacial score (nSPS) is 11.1. The molecule has 20 heavy (non-hydrogen) atoms. The Hall–Kier alpha value is -2.03. The standard InChI is InChI=1S/C10H13N.C7H12O2/c1-2-10(11)8-9-6-4-3-5-7-9;1-5-6(8)9-7(2,3)4/h2-7H,8,11H2,1H3;5H,1H2,2-4H3. The first-order valence-corrected chi connectivity index (χ1v) is 6.58. The maximum Gasteiger partial charge on any atom is 0.330 e. The van der Waals surface area contributed by atoms with Gasteiger partial charge < -0.3 is 10.5 Å². The van der Waals surface area contributed by atoms with Crippen molar-refractivity contribution in [3.05, 3.63) is 60.3 Å². The molecule has 0 bridgehead atoms. The van der Waals surface area contributed by atoms with Crippen LogP contribution in [-0.2, 0) is 16.0 Å². The van der Waals surface area contributed by atoms with E-state index in [1.807, 2.05) is 52.0 Å². The number of allylic oxidation sites excluding steroid dienone is 2. The van der Waals surface area contributed by atoms with Crippen LogP contribution in [0.25, 0.3) is 0 Å². The van der Waals surface area contributed by atoms with E-state index >= 15 is 0 Å². The maximum absolute atomic E-state index is 10.5. The molecule has 3 heteroatoms. The lowest BCUT2D eigenvalue weighted by Gasteiger charge is -2.17. The molecule has 110 valence electrons. The van der Waals surface area contributed by atoms with Crippen LogP contribution in [0.4, 0.5) is 0 Å². The molecule has 0 aromatic heterocycles. The second kappa shape index (κ2) is 8.97. The molecule has 0 spiro atoms. The highest BCUT2D eigenvalue weighted by Gasteiger charge is 2.12. The monoisotopic (exact) mass is 275 g/mol. The highest BCUT2D eigenvalue weighted by Crippen LogP contribution is 2.06. The smallest absolute Gasteiger partial charge is 0.330 e. The first-order chi connectivity index (χ1) is 9.28. The average Bonchev–Trinajstić information content (AvgIpc) is 2.38. The Balaban J connectivity index is 0.000000370. The molecule has 0 heterocycles. The van der Waals surface area contributed by atoms with Gasteiger partial charge in [0.2, 0.25) is 0 Å². The minimum atomic E-state index is -0.398. The van der Waals surface area contributed by atoms with Gasteiger partial charge in [0.15, 0.2) is 0 Å². The fourth-order valence-corrected chi connectivity index (χ4v) is 1.28. The van der Waals surface area contributed by atoms with Crippen molar-refractivity contribution in [1.82, 2.24) is 0 Å². The van der Waals surface area contributed by atoms with Crippen LogP contribution in [0.1, 0.15) is 33.3 Å². The highest BCUT2D eigenvalue weighted by molar-refractivity contribution is 5.81. The zero-order chi connectivity index (χ0) is 15.6. The number of rotatable bonds is 3. The van der Waals surface area contributed by atoms with Crippen molar-refractivity contribution in [3.63, 3.8) is 0 Å². The summed E-state index contributed by atoms with van der Waals surface area (Å²) in [6.45, 7) is 10.7. The van der Waals surface area contributed by atoms with E-state index in [0.29, 0.717) is 0 Å². The molecule has 0 radical (unpaired) electrons. The first-order valence-electron chi connectivity index (χ1n) is 6.58. The fraction of sp³-hybridized carbons (Fsp3) is 0.353. The van der Waals surface area contributed by atoms with Gasteiger partial charge in [0, 0.05) is 18.2 Å². The van der Waals surface area contributed by atoms with Gasteiger partial charge in [-0.15, -0.1) is 0 Å². The van der Waals surface area contributed by atoms with Gasteiger partial charge in [-0.05, 0) is 33.3 Å². The van der Waals surface area contributed by atoms with Gasteiger partial charge in [-0.1, -0.05) is 43.0 Å². The van der Waals surface area contributed by atoms with Crippen LogP contribution in [0.2, 0.25) is 0 Å². The molecule has 0 saturated heterocycles. The van der Waals surface area contributed by atoms with Crippen LogP contribution in [0, 0.1) is 0 Å². The Kier molecular flexibility index (Phi) is 8.06. The molecular weight excluding hydrogens is 250 g/mol. The Labute approximate surface area is 122 Å². The number of esters is 1. The lowest BCUT2D eigenvalue weighted by Crippen LogP contribution is -2.22. The molecule has 2 N–H and O–H groups in total. The summed E-state index contributed by atoms with van der Waals surface area (Å²) in [5.41, 5.74) is 7.46. The fourth-order valence-electron chi connectivity index (χ4n) is 1.28. The number of hydrogen-bond acceptors (Lipinski definition) is 3. The second-order valence-corrected chi connectivity index (χ2v) is 5.26. The van der Waals surface area contributed by atoms with Crippen LogP contribution in [-0.4, -0.2) is 11.6 Å². The molecule has 0 aliphatic carbocycles. The van der Waals surface area contributed by atoms with E-state index in [4.69, 9.17) is 10.5 Å². The summed E-state index contributed by atoms with van der Waals surface area (Å²) >= 11 is 0. The second-order valence-electron chi connectivity index (χ2n) is 5.26. The molecule has 0 aliphatic heterocycles. The van der Waals surface area contributed by atoms with E-state index in [1.165, 1.54) is 5.56 Å². The van der Waals surface area contributed by atoms with Gasteiger partial charge in [-0.3, -0.25) is 0 Å². The lowest BCUT2D eigenvalue weighted by atomic mass is 10.1. The lowest BCUT2D eigenvalue weighted by molar-refractivity contribution is -0.148. The van der Waals surface area contributed by atoms with Crippen molar-refractivity contribution < 1.29 is 9.53 Å². The summed E-state index contributed by atoms with van der Waals surface area (Å²) in [4.78, 5) is 10.5. The van der Waals surface area contributed by atoms with Crippen molar-refractivity contribution in [3.8, 4) is 0 Å². The average molecular weight is 275 g/mol. The Morgan fingerprint density at radius 2 is 1.85 bits per heavy atom. The number of carbonyl (C=O) groups is 1. The van der Waals surface area contributed by atoms with E-state index in [1.54, 1.807) is 0 Å². The van der Waals surface area contributed by atoms with Crippen LogP contribution in [0.5, 0.6) is 0 Å². The quantitative estimate of drug-likeness (QED) is 0.677. The maximum atomic E-state index is 10.5. The molecule has 3 nitrogen and oxygen atoms in total. The predicted octanol–water partition coefficient (Wildman–Crippen LogP) is 3.61. The van der Waals surface area contributed by atoms with Crippen LogP contribution in [0.15, 0.2) is 54.8 Å². The molecular formula is C17H25NO2. The summed E-state index contributed by atoms with van der Waals surface area (Å²) in [5.74, 6) is -0.373. The third-order valence-corrected chi connectivity index (χ3v) is 2.20. The zero-order valence-corrected chi connectivity index (χ0v) is 12.8. The molecule has 0 aliphatic rings. The van der Waals surface area contributed by atoms with Crippen LogP contribution < -0.4 is 5.73 Å². The van der Waals surface area contributed by atoms with Gasteiger partial charge in [0.05, 0.1) is 0 Å². The summed E-state index contributed by atoms with van der Waals surface area (Å²) in [7, 11) is 0. The van der Waals surface area contributed by atoms with Gasteiger partial charge in [0.1, 0.15) is 5.60 Å². The predicted molar refractivity (Wildman–Crippen MR) is 84.1 cm³/mol. The van der Waals surface area contributed by atoms with E-state index < -0.39 is 5.60 Å². The number of nitrogens with two attached hydrogens (primary N) is 1. The van der Waals surface area contributed by atoms with Crippen molar-refractivity contribution in [1.29, 1.82) is 0 Å². The van der Waals surface area contributed by atoms with Gasteiger partial charge >= 0.3 is 5.97 Å². The Bertz CT molecular complexity index is 442. The van der Waals surface area contributed by atoms with Crippen molar-refractivity contribution in [2.24, 2.45) is 5.73 Å². The Morgan fingerprint density at radius 1 is 1.30 bits per heavy atom. The zero-order valence-electron chi connectivity index (χ0n) is 12.8. The van der Waals surface area contributed by atoms with Gasteiger partial charge in [0.25, 0.3) is 0 Å². The van der Waals surface area contributed by atoms with Crippen molar-refractivity contribution in [2.75, 3.05) is 0 Å². The topological polar surface area (TPSA) is 52.3 Å². The minimum absolute atomic E-state index is 0.373. The van der Waals surface area contributed by atoms with Crippen LogP contribution in [0.3, 0.4) is 0 Å². The minimum Gasteiger partial charge on any atom is -0.457 e. The number of ether oxygens (including phenoxy) is 1. The van der Waals surface area contributed by atoms with Crippen molar-refractivity contribution in [2.45, 2.75) is 39.7 Å². The van der Waals surface area contributed by atoms with E-state index in [9.17, 15) is 4.79 Å². The molecule has 0 unspecified atom stereocenters. The summed E-state index contributed by atoms with van der Waals surface area (Å²) in [5, 5.41) is 0. The van der Waals surface area contributed by atoms with Gasteiger partial charge in [-0.25, -0.2) is 4.79 Å². The number of hydrogen-bond donors (Lipinski definition) is 1. The van der Waals surface area contributed by atoms with Gasteiger partial charge in [-0.2, -0.15) is 0 Å².